The first kappa shape index (κ1) is 10.7. The molecule has 2 N–H and O–H groups in total. The van der Waals surface area contributed by atoms with Crippen molar-refractivity contribution in [2.45, 2.75) is 13.8 Å². The summed E-state index contributed by atoms with van der Waals surface area (Å²) in [6.45, 7) is 4.16. The Labute approximate surface area is 108 Å². The minimum absolute atomic E-state index is 0.860. The number of thiophene rings is 1. The summed E-state index contributed by atoms with van der Waals surface area (Å²) in [5.74, 6) is 0. The number of hydrogen-bond acceptors (Lipinski definition) is 4. The van der Waals surface area contributed by atoms with Crippen LogP contribution in [0.25, 0.3) is 20.8 Å². The molecule has 1 aromatic carbocycles. The van der Waals surface area contributed by atoms with Gasteiger partial charge in [-0.3, -0.25) is 0 Å². The fourth-order valence-electron chi connectivity index (χ4n) is 1.85. The second-order valence-corrected chi connectivity index (χ2v) is 6.44. The first-order valence-corrected chi connectivity index (χ1v) is 7.00. The van der Waals surface area contributed by atoms with Gasteiger partial charge in [-0.25, -0.2) is 4.98 Å². The molecule has 0 fully saturated rings. The highest BCUT2D eigenvalue weighted by Crippen LogP contribution is 2.37. The van der Waals surface area contributed by atoms with E-state index >= 15 is 0 Å². The first-order chi connectivity index (χ1) is 8.13. The Hall–Kier alpha value is -1.39. The van der Waals surface area contributed by atoms with Crippen molar-refractivity contribution in [1.29, 1.82) is 0 Å². The SMILES string of the molecule is Cc1ccc2sc(-c3cc(C)sc3N)nc2c1. The van der Waals surface area contributed by atoms with E-state index in [-0.39, 0.29) is 0 Å². The van der Waals surface area contributed by atoms with Gasteiger partial charge in [0.25, 0.3) is 0 Å². The Morgan fingerprint density at radius 1 is 1.12 bits per heavy atom. The van der Waals surface area contributed by atoms with Gasteiger partial charge in [0.1, 0.15) is 5.01 Å². The molecule has 0 atom stereocenters. The van der Waals surface area contributed by atoms with Crippen LogP contribution in [0.1, 0.15) is 10.4 Å². The van der Waals surface area contributed by atoms with Gasteiger partial charge < -0.3 is 5.73 Å². The van der Waals surface area contributed by atoms with Crippen molar-refractivity contribution in [3.8, 4) is 10.6 Å². The van der Waals surface area contributed by atoms with E-state index in [9.17, 15) is 0 Å². The van der Waals surface area contributed by atoms with Crippen molar-refractivity contribution in [3.63, 3.8) is 0 Å². The summed E-state index contributed by atoms with van der Waals surface area (Å²) in [6.07, 6.45) is 0. The molecule has 0 aliphatic rings. The van der Waals surface area contributed by atoms with Gasteiger partial charge in [0.05, 0.1) is 15.2 Å². The molecule has 17 heavy (non-hydrogen) atoms. The molecule has 2 aromatic heterocycles. The van der Waals surface area contributed by atoms with E-state index in [4.69, 9.17) is 5.73 Å². The van der Waals surface area contributed by atoms with Crippen LogP contribution in [0.4, 0.5) is 5.00 Å². The molecular formula is C13H12N2S2. The highest BCUT2D eigenvalue weighted by Gasteiger charge is 2.11. The summed E-state index contributed by atoms with van der Waals surface area (Å²) in [6, 6.07) is 8.48. The summed E-state index contributed by atoms with van der Waals surface area (Å²) < 4.78 is 1.22. The fourth-order valence-corrected chi connectivity index (χ4v) is 3.68. The number of aryl methyl sites for hydroxylation is 2. The van der Waals surface area contributed by atoms with Gasteiger partial charge >= 0.3 is 0 Å². The van der Waals surface area contributed by atoms with Crippen molar-refractivity contribution in [2.24, 2.45) is 0 Å². The highest BCUT2D eigenvalue weighted by atomic mass is 32.1. The van der Waals surface area contributed by atoms with Gasteiger partial charge in [-0.1, -0.05) is 6.07 Å². The Balaban J connectivity index is 2.21. The number of aromatic nitrogens is 1. The average molecular weight is 260 g/mol. The maximum Gasteiger partial charge on any atom is 0.127 e. The summed E-state index contributed by atoms with van der Waals surface area (Å²) in [4.78, 5) is 5.89. The predicted octanol–water partition coefficient (Wildman–Crippen LogP) is 4.22. The van der Waals surface area contributed by atoms with Crippen LogP contribution < -0.4 is 5.73 Å². The zero-order valence-electron chi connectivity index (χ0n) is 9.65. The van der Waals surface area contributed by atoms with Gasteiger partial charge in [0.2, 0.25) is 0 Å². The van der Waals surface area contributed by atoms with Crippen LogP contribution in [0, 0.1) is 13.8 Å². The molecule has 0 saturated carbocycles. The number of nitrogens with zero attached hydrogens (tertiary/aromatic N) is 1. The molecule has 0 aliphatic carbocycles. The lowest BCUT2D eigenvalue weighted by Gasteiger charge is -1.91. The Morgan fingerprint density at radius 2 is 1.94 bits per heavy atom. The minimum Gasteiger partial charge on any atom is -0.390 e. The monoisotopic (exact) mass is 260 g/mol. The third-order valence-electron chi connectivity index (χ3n) is 2.66. The topological polar surface area (TPSA) is 38.9 Å². The van der Waals surface area contributed by atoms with E-state index in [2.05, 4.69) is 43.1 Å². The molecule has 0 saturated heterocycles. The van der Waals surface area contributed by atoms with E-state index in [0.717, 1.165) is 21.1 Å². The molecule has 4 heteroatoms. The smallest absolute Gasteiger partial charge is 0.127 e. The van der Waals surface area contributed by atoms with Crippen LogP contribution in [-0.4, -0.2) is 4.98 Å². The molecule has 86 valence electrons. The lowest BCUT2D eigenvalue weighted by Crippen LogP contribution is -1.81. The van der Waals surface area contributed by atoms with E-state index in [1.165, 1.54) is 15.1 Å². The van der Waals surface area contributed by atoms with Gasteiger partial charge in [0, 0.05) is 10.4 Å². The number of hydrogen-bond donors (Lipinski definition) is 1. The third kappa shape index (κ3) is 1.83. The fraction of sp³-hybridized carbons (Fsp3) is 0.154. The lowest BCUT2D eigenvalue weighted by atomic mass is 10.2. The third-order valence-corrected chi connectivity index (χ3v) is 4.61. The first-order valence-electron chi connectivity index (χ1n) is 5.37. The minimum atomic E-state index is 0.860. The van der Waals surface area contributed by atoms with Crippen molar-refractivity contribution in [2.75, 3.05) is 5.73 Å². The Kier molecular flexibility index (Phi) is 2.42. The van der Waals surface area contributed by atoms with Crippen LogP contribution in [-0.2, 0) is 0 Å². The largest absolute Gasteiger partial charge is 0.390 e. The molecule has 3 aromatic rings. The van der Waals surface area contributed by atoms with Gasteiger partial charge in [0.15, 0.2) is 0 Å². The van der Waals surface area contributed by atoms with Crippen molar-refractivity contribution < 1.29 is 0 Å². The Morgan fingerprint density at radius 3 is 2.65 bits per heavy atom. The van der Waals surface area contributed by atoms with Crippen molar-refractivity contribution in [3.05, 3.63) is 34.7 Å². The highest BCUT2D eigenvalue weighted by molar-refractivity contribution is 7.22. The van der Waals surface area contributed by atoms with E-state index < -0.39 is 0 Å². The molecule has 0 aliphatic heterocycles. The van der Waals surface area contributed by atoms with E-state index in [0.29, 0.717) is 0 Å². The van der Waals surface area contributed by atoms with Crippen LogP contribution in [0.15, 0.2) is 24.3 Å². The maximum atomic E-state index is 6.01. The molecule has 3 rings (SSSR count). The number of nitrogens with two attached hydrogens (primary N) is 1. The van der Waals surface area contributed by atoms with E-state index in [1.807, 2.05) is 0 Å². The molecule has 2 nitrogen and oxygen atoms in total. The number of thiazole rings is 1. The predicted molar refractivity (Wildman–Crippen MR) is 76.8 cm³/mol. The molecule has 0 radical (unpaired) electrons. The molecule has 0 bridgehead atoms. The molecule has 2 heterocycles. The van der Waals surface area contributed by atoms with Crippen LogP contribution >= 0.6 is 22.7 Å². The quantitative estimate of drug-likeness (QED) is 0.711. The van der Waals surface area contributed by atoms with Crippen LogP contribution in [0.5, 0.6) is 0 Å². The molecule has 0 amide bonds. The number of benzene rings is 1. The summed E-state index contributed by atoms with van der Waals surface area (Å²) in [5.41, 5.74) is 9.39. The number of nitrogen functional groups attached to an aromatic ring is 1. The normalized spacial score (nSPS) is 11.2. The summed E-state index contributed by atoms with van der Waals surface area (Å²) in [7, 11) is 0. The van der Waals surface area contributed by atoms with Gasteiger partial charge in [-0.15, -0.1) is 22.7 Å². The standard InChI is InChI=1S/C13H12N2S2/c1-7-3-4-11-10(5-7)15-13(17-11)9-6-8(2)16-12(9)14/h3-6H,14H2,1-2H3. The van der Waals surface area contributed by atoms with Crippen molar-refractivity contribution in [1.82, 2.24) is 4.98 Å². The lowest BCUT2D eigenvalue weighted by molar-refractivity contribution is 1.44. The zero-order valence-corrected chi connectivity index (χ0v) is 11.3. The van der Waals surface area contributed by atoms with Crippen LogP contribution in [0.3, 0.4) is 0 Å². The molecule has 0 spiro atoms. The molecule has 0 unspecified atom stereocenters. The second-order valence-electron chi connectivity index (χ2n) is 4.13. The number of fused-ring (bicyclic) bond motifs is 1. The van der Waals surface area contributed by atoms with Crippen molar-refractivity contribution >= 4 is 37.9 Å². The number of anilines is 1. The molecular weight excluding hydrogens is 248 g/mol. The van der Waals surface area contributed by atoms with Gasteiger partial charge in [-0.2, -0.15) is 0 Å². The second kappa shape index (κ2) is 3.82. The average Bonchev–Trinajstić information content (AvgIpc) is 2.80. The Bertz CT molecular complexity index is 695. The van der Waals surface area contributed by atoms with E-state index in [1.54, 1.807) is 22.7 Å². The number of rotatable bonds is 1. The zero-order chi connectivity index (χ0) is 12.0. The van der Waals surface area contributed by atoms with Crippen LogP contribution in [0.2, 0.25) is 0 Å². The van der Waals surface area contributed by atoms with Gasteiger partial charge in [-0.05, 0) is 37.6 Å². The maximum absolute atomic E-state index is 6.01. The summed E-state index contributed by atoms with van der Waals surface area (Å²) in [5, 5.41) is 1.88. The summed E-state index contributed by atoms with van der Waals surface area (Å²) >= 11 is 3.32.